The number of methoxy groups -OCH3 is 1. The maximum absolute atomic E-state index is 12.0. The highest BCUT2D eigenvalue weighted by atomic mass is 35.5. The Balaban J connectivity index is 2.19. The fourth-order valence-corrected chi connectivity index (χ4v) is 3.36. The molecular weight excluding hydrogens is 314 g/mol. The van der Waals surface area contributed by atoms with Crippen LogP contribution in [0.1, 0.15) is 23.7 Å². The van der Waals surface area contributed by atoms with Gasteiger partial charge >= 0.3 is 5.97 Å². The Hall–Kier alpha value is -1.53. The maximum atomic E-state index is 12.0. The molecule has 1 amide bonds. The maximum Gasteiger partial charge on any atom is 0.339 e. The summed E-state index contributed by atoms with van der Waals surface area (Å²) in [5, 5.41) is 0.178. The van der Waals surface area contributed by atoms with Crippen LogP contribution in [0, 0.1) is 0 Å². The van der Waals surface area contributed by atoms with E-state index in [1.54, 1.807) is 17.0 Å². The van der Waals surface area contributed by atoms with E-state index >= 15 is 0 Å². The summed E-state index contributed by atoms with van der Waals surface area (Å²) in [6, 6.07) is 4.74. The first-order valence-corrected chi connectivity index (χ1v) is 7.53. The first-order chi connectivity index (χ1) is 9.92. The summed E-state index contributed by atoms with van der Waals surface area (Å²) >= 11 is 7.22. The Morgan fingerprint density at radius 3 is 2.71 bits per heavy atom. The molecule has 0 radical (unpaired) electrons. The topological polar surface area (TPSA) is 63.7 Å². The lowest BCUT2D eigenvalue weighted by atomic mass is 10.2. The standard InChI is InChI=1S/C14H14ClNO4S/c1-8(17)21-10-6-13(18)16(7-10)9-3-4-11(12(15)5-9)14(19)20-2/h3-5,10H,6-7H2,1-2H3. The van der Waals surface area contributed by atoms with Crippen molar-refractivity contribution in [2.24, 2.45) is 0 Å². The average molecular weight is 328 g/mol. The summed E-state index contributed by atoms with van der Waals surface area (Å²) in [6.45, 7) is 1.94. The van der Waals surface area contributed by atoms with Gasteiger partial charge in [-0.05, 0) is 18.2 Å². The molecule has 5 nitrogen and oxygen atoms in total. The van der Waals surface area contributed by atoms with E-state index in [0.717, 1.165) is 0 Å². The van der Waals surface area contributed by atoms with E-state index in [2.05, 4.69) is 4.74 Å². The van der Waals surface area contributed by atoms with Gasteiger partial charge in [-0.2, -0.15) is 0 Å². The number of esters is 1. The SMILES string of the molecule is COC(=O)c1ccc(N2CC(SC(C)=O)CC2=O)cc1Cl. The van der Waals surface area contributed by atoms with Crippen molar-refractivity contribution in [3.05, 3.63) is 28.8 Å². The zero-order valence-electron chi connectivity index (χ0n) is 11.6. The lowest BCUT2D eigenvalue weighted by Crippen LogP contribution is -2.25. The van der Waals surface area contributed by atoms with Crippen LogP contribution in [-0.4, -0.2) is 35.9 Å². The number of carbonyl (C=O) groups excluding carboxylic acids is 3. The minimum atomic E-state index is -0.524. The molecule has 1 aromatic rings. The number of benzene rings is 1. The number of rotatable bonds is 3. The number of carbonyl (C=O) groups is 3. The molecule has 1 saturated heterocycles. The molecule has 0 aromatic heterocycles. The molecule has 7 heteroatoms. The molecule has 1 aromatic carbocycles. The molecule has 1 atom stereocenters. The second kappa shape index (κ2) is 6.49. The van der Waals surface area contributed by atoms with Gasteiger partial charge in [-0.1, -0.05) is 23.4 Å². The van der Waals surface area contributed by atoms with Gasteiger partial charge < -0.3 is 9.64 Å². The van der Waals surface area contributed by atoms with Crippen molar-refractivity contribution >= 4 is 46.0 Å². The lowest BCUT2D eigenvalue weighted by Gasteiger charge is -2.17. The Bertz CT molecular complexity index is 605. The fourth-order valence-electron chi connectivity index (χ4n) is 2.19. The first kappa shape index (κ1) is 15.9. The predicted octanol–water partition coefficient (Wildman–Crippen LogP) is 2.51. The molecule has 0 saturated carbocycles. The van der Waals surface area contributed by atoms with Gasteiger partial charge in [0, 0.05) is 30.8 Å². The van der Waals surface area contributed by atoms with Crippen molar-refractivity contribution in [2.45, 2.75) is 18.6 Å². The summed E-state index contributed by atoms with van der Waals surface area (Å²) in [5.74, 6) is -0.583. The van der Waals surface area contributed by atoms with Gasteiger partial charge in [-0.15, -0.1) is 0 Å². The van der Waals surface area contributed by atoms with Crippen molar-refractivity contribution in [2.75, 3.05) is 18.6 Å². The quantitative estimate of drug-likeness (QED) is 0.798. The number of nitrogens with zero attached hydrogens (tertiary/aromatic N) is 1. The van der Waals surface area contributed by atoms with Crippen LogP contribution in [0.25, 0.3) is 0 Å². The molecule has 1 heterocycles. The molecule has 21 heavy (non-hydrogen) atoms. The highest BCUT2D eigenvalue weighted by Gasteiger charge is 2.32. The van der Waals surface area contributed by atoms with Gasteiger partial charge in [-0.3, -0.25) is 9.59 Å². The average Bonchev–Trinajstić information content (AvgIpc) is 2.77. The minimum Gasteiger partial charge on any atom is -0.465 e. The third-order valence-electron chi connectivity index (χ3n) is 3.09. The summed E-state index contributed by atoms with van der Waals surface area (Å²) < 4.78 is 4.62. The van der Waals surface area contributed by atoms with E-state index in [-0.39, 0.29) is 26.9 Å². The monoisotopic (exact) mass is 327 g/mol. The molecule has 1 unspecified atom stereocenters. The van der Waals surface area contributed by atoms with E-state index < -0.39 is 5.97 Å². The molecule has 2 rings (SSSR count). The Labute approximate surface area is 131 Å². The Morgan fingerprint density at radius 2 is 2.14 bits per heavy atom. The van der Waals surface area contributed by atoms with Gasteiger partial charge in [0.05, 0.1) is 17.7 Å². The summed E-state index contributed by atoms with van der Waals surface area (Å²) in [4.78, 5) is 36.2. The van der Waals surface area contributed by atoms with Crippen LogP contribution in [0.3, 0.4) is 0 Å². The molecule has 0 aliphatic carbocycles. The van der Waals surface area contributed by atoms with E-state index in [4.69, 9.17) is 11.6 Å². The molecular formula is C14H14ClNO4S. The van der Waals surface area contributed by atoms with Crippen LogP contribution in [0.5, 0.6) is 0 Å². The number of hydrogen-bond donors (Lipinski definition) is 0. The van der Waals surface area contributed by atoms with Crippen molar-refractivity contribution in [1.82, 2.24) is 0 Å². The summed E-state index contributed by atoms with van der Waals surface area (Å²) in [5.41, 5.74) is 0.869. The number of amides is 1. The smallest absolute Gasteiger partial charge is 0.339 e. The van der Waals surface area contributed by atoms with E-state index in [0.29, 0.717) is 18.7 Å². The second-order valence-corrected chi connectivity index (χ2v) is 6.48. The lowest BCUT2D eigenvalue weighted by molar-refractivity contribution is -0.117. The van der Waals surface area contributed by atoms with Crippen molar-refractivity contribution in [3.8, 4) is 0 Å². The van der Waals surface area contributed by atoms with Crippen LogP contribution < -0.4 is 4.90 Å². The van der Waals surface area contributed by atoms with Crippen LogP contribution in [0.15, 0.2) is 18.2 Å². The van der Waals surface area contributed by atoms with Gasteiger partial charge in [0.2, 0.25) is 5.91 Å². The second-order valence-electron chi connectivity index (χ2n) is 4.60. The number of ether oxygens (including phenoxy) is 1. The molecule has 1 fully saturated rings. The number of hydrogen-bond acceptors (Lipinski definition) is 5. The van der Waals surface area contributed by atoms with Crippen molar-refractivity contribution in [3.63, 3.8) is 0 Å². The van der Waals surface area contributed by atoms with Crippen LogP contribution in [0.4, 0.5) is 5.69 Å². The number of thioether (sulfide) groups is 1. The van der Waals surface area contributed by atoms with Gasteiger partial charge in [0.25, 0.3) is 0 Å². The van der Waals surface area contributed by atoms with Crippen molar-refractivity contribution < 1.29 is 19.1 Å². The number of halogens is 1. The number of anilines is 1. The highest BCUT2D eigenvalue weighted by Crippen LogP contribution is 2.31. The van der Waals surface area contributed by atoms with Crippen LogP contribution >= 0.6 is 23.4 Å². The normalized spacial score (nSPS) is 18.0. The largest absolute Gasteiger partial charge is 0.465 e. The molecule has 0 spiro atoms. The summed E-state index contributed by atoms with van der Waals surface area (Å²) in [6.07, 6.45) is 0.320. The zero-order chi connectivity index (χ0) is 15.6. The molecule has 0 bridgehead atoms. The Morgan fingerprint density at radius 1 is 1.43 bits per heavy atom. The van der Waals surface area contributed by atoms with E-state index in [9.17, 15) is 14.4 Å². The fraction of sp³-hybridized carbons (Fsp3) is 0.357. The molecule has 0 N–H and O–H groups in total. The van der Waals surface area contributed by atoms with E-state index in [1.807, 2.05) is 0 Å². The first-order valence-electron chi connectivity index (χ1n) is 6.28. The third-order valence-corrected chi connectivity index (χ3v) is 4.39. The molecule has 112 valence electrons. The third kappa shape index (κ3) is 3.57. The minimum absolute atomic E-state index is 0.00581. The van der Waals surface area contributed by atoms with Gasteiger partial charge in [0.1, 0.15) is 0 Å². The van der Waals surface area contributed by atoms with Crippen LogP contribution in [0.2, 0.25) is 5.02 Å². The zero-order valence-corrected chi connectivity index (χ0v) is 13.2. The van der Waals surface area contributed by atoms with Gasteiger partial charge in [-0.25, -0.2) is 4.79 Å². The molecule has 1 aliphatic rings. The molecule has 1 aliphatic heterocycles. The van der Waals surface area contributed by atoms with Crippen molar-refractivity contribution in [1.29, 1.82) is 0 Å². The van der Waals surface area contributed by atoms with Gasteiger partial charge in [0.15, 0.2) is 5.12 Å². The Kier molecular flexibility index (Phi) is 4.90. The summed E-state index contributed by atoms with van der Waals surface area (Å²) in [7, 11) is 1.28. The highest BCUT2D eigenvalue weighted by molar-refractivity contribution is 8.14. The van der Waals surface area contributed by atoms with Crippen LogP contribution in [-0.2, 0) is 14.3 Å². The predicted molar refractivity (Wildman–Crippen MR) is 81.8 cm³/mol. The van der Waals surface area contributed by atoms with E-state index in [1.165, 1.54) is 31.9 Å².